The minimum absolute atomic E-state index is 0.184. The predicted molar refractivity (Wildman–Crippen MR) is 76.3 cm³/mol. The van der Waals surface area contributed by atoms with Crippen molar-refractivity contribution < 1.29 is 10.2 Å². The Morgan fingerprint density at radius 1 is 1.32 bits per heavy atom. The van der Waals surface area contributed by atoms with Crippen LogP contribution in [0.3, 0.4) is 0 Å². The lowest BCUT2D eigenvalue weighted by atomic mass is 10.0. The Morgan fingerprint density at radius 3 is 2.53 bits per heavy atom. The van der Waals surface area contributed by atoms with E-state index < -0.39 is 12.2 Å². The Hall–Kier alpha value is -0.650. The van der Waals surface area contributed by atoms with Crippen LogP contribution in [0.15, 0.2) is 24.3 Å². The molecule has 0 radical (unpaired) electrons. The first-order valence-electron chi connectivity index (χ1n) is 6.62. The summed E-state index contributed by atoms with van der Waals surface area (Å²) in [5.74, 6) is 0. The van der Waals surface area contributed by atoms with Crippen molar-refractivity contribution in [1.29, 1.82) is 0 Å². The first-order chi connectivity index (χ1) is 9.11. The maximum Gasteiger partial charge on any atom is 0.0938 e. The number of rotatable bonds is 5. The number of likely N-dealkylation sites (tertiary alicyclic amines) is 1. The first kappa shape index (κ1) is 14.8. The average molecular weight is 285 g/mol. The van der Waals surface area contributed by atoms with Gasteiger partial charge in [0.15, 0.2) is 0 Å². The molecule has 1 fully saturated rings. The number of aliphatic hydroxyl groups is 2. The summed E-state index contributed by atoms with van der Waals surface area (Å²) in [4.78, 5) is 2.08. The van der Waals surface area contributed by atoms with Gasteiger partial charge in [-0.3, -0.25) is 4.90 Å². The molecule has 1 aromatic carbocycles. The molecule has 1 saturated heterocycles. The molecule has 0 saturated carbocycles. The number of benzene rings is 1. The van der Waals surface area contributed by atoms with Crippen molar-refractivity contribution in [1.82, 2.24) is 10.2 Å². The quantitative estimate of drug-likeness (QED) is 0.756. The number of hydrogen-bond acceptors (Lipinski definition) is 4. The predicted octanol–water partition coefficient (Wildman–Crippen LogP) is 1.03. The summed E-state index contributed by atoms with van der Waals surface area (Å²) in [5.41, 5.74) is 1.09. The summed E-state index contributed by atoms with van der Waals surface area (Å²) in [6.07, 6.45) is -0.346. The number of hydrogen-bond donors (Lipinski definition) is 3. The normalized spacial score (nSPS) is 25.7. The topological polar surface area (TPSA) is 55.7 Å². The highest BCUT2D eigenvalue weighted by molar-refractivity contribution is 6.31. The maximum atomic E-state index is 9.52. The lowest BCUT2D eigenvalue weighted by Crippen LogP contribution is -2.27. The summed E-state index contributed by atoms with van der Waals surface area (Å²) < 4.78 is 0. The molecule has 1 aliphatic rings. The van der Waals surface area contributed by atoms with Gasteiger partial charge in [-0.15, -0.1) is 0 Å². The molecule has 3 atom stereocenters. The summed E-state index contributed by atoms with van der Waals surface area (Å²) in [6, 6.07) is 8.01. The molecule has 0 spiro atoms. The SMILES string of the molecule is CNC(CCN1CC(O)C(O)C1)c1ccccc1Cl. The number of nitrogens with zero attached hydrogens (tertiary/aromatic N) is 1. The molecule has 5 heteroatoms. The molecule has 0 aromatic heterocycles. The first-order valence-corrected chi connectivity index (χ1v) is 6.99. The molecule has 4 nitrogen and oxygen atoms in total. The lowest BCUT2D eigenvalue weighted by Gasteiger charge is -2.21. The summed E-state index contributed by atoms with van der Waals surface area (Å²) in [6.45, 7) is 1.91. The van der Waals surface area contributed by atoms with E-state index in [0.29, 0.717) is 13.1 Å². The van der Waals surface area contributed by atoms with Gasteiger partial charge in [0, 0.05) is 30.7 Å². The zero-order valence-corrected chi connectivity index (χ0v) is 11.8. The standard InChI is InChI=1S/C14H21ClN2O2/c1-16-12(10-4-2-3-5-11(10)15)6-7-17-8-13(18)14(19)9-17/h2-5,12-14,16,18-19H,6-9H2,1H3. The molecule has 0 bridgehead atoms. The van der Waals surface area contributed by atoms with Crippen LogP contribution in [0.25, 0.3) is 0 Å². The Balaban J connectivity index is 1.92. The second kappa shape index (κ2) is 6.68. The monoisotopic (exact) mass is 284 g/mol. The Labute approximate surface area is 119 Å². The van der Waals surface area contributed by atoms with Crippen LogP contribution < -0.4 is 5.32 Å². The molecule has 0 amide bonds. The number of halogens is 1. The fourth-order valence-electron chi connectivity index (χ4n) is 2.55. The van der Waals surface area contributed by atoms with Crippen molar-refractivity contribution in [3.05, 3.63) is 34.9 Å². The van der Waals surface area contributed by atoms with Crippen LogP contribution in [0, 0.1) is 0 Å². The van der Waals surface area contributed by atoms with Crippen LogP contribution >= 0.6 is 11.6 Å². The molecule has 19 heavy (non-hydrogen) atoms. The smallest absolute Gasteiger partial charge is 0.0938 e. The third-order valence-corrected chi connectivity index (χ3v) is 4.04. The Kier molecular flexibility index (Phi) is 5.19. The number of nitrogens with one attached hydrogen (secondary N) is 1. The average Bonchev–Trinajstić information content (AvgIpc) is 2.71. The van der Waals surface area contributed by atoms with E-state index >= 15 is 0 Å². The summed E-state index contributed by atoms with van der Waals surface area (Å²) in [7, 11) is 1.92. The molecule has 106 valence electrons. The van der Waals surface area contributed by atoms with Gasteiger partial charge in [-0.1, -0.05) is 29.8 Å². The third kappa shape index (κ3) is 3.68. The van der Waals surface area contributed by atoms with Crippen LogP contribution in [-0.2, 0) is 0 Å². The molecule has 1 heterocycles. The lowest BCUT2D eigenvalue weighted by molar-refractivity contribution is 0.0572. The van der Waals surface area contributed by atoms with Crippen LogP contribution in [-0.4, -0.2) is 54.0 Å². The minimum atomic E-state index is -0.617. The Bertz CT molecular complexity index is 406. The highest BCUT2D eigenvalue weighted by atomic mass is 35.5. The van der Waals surface area contributed by atoms with Crippen molar-refractivity contribution in [2.75, 3.05) is 26.7 Å². The van der Waals surface area contributed by atoms with E-state index in [1.165, 1.54) is 0 Å². The highest BCUT2D eigenvalue weighted by Crippen LogP contribution is 2.25. The third-order valence-electron chi connectivity index (χ3n) is 3.70. The van der Waals surface area contributed by atoms with Gasteiger partial charge in [0.25, 0.3) is 0 Å². The van der Waals surface area contributed by atoms with Gasteiger partial charge in [-0.25, -0.2) is 0 Å². The van der Waals surface area contributed by atoms with Gasteiger partial charge < -0.3 is 15.5 Å². The van der Waals surface area contributed by atoms with E-state index in [9.17, 15) is 10.2 Å². The zero-order valence-electron chi connectivity index (χ0n) is 11.1. The maximum absolute atomic E-state index is 9.52. The van der Waals surface area contributed by atoms with Crippen molar-refractivity contribution in [2.24, 2.45) is 0 Å². The molecule has 3 unspecified atom stereocenters. The van der Waals surface area contributed by atoms with E-state index in [0.717, 1.165) is 23.6 Å². The molecule has 1 aromatic rings. The van der Waals surface area contributed by atoms with Crippen molar-refractivity contribution in [3.63, 3.8) is 0 Å². The molecule has 0 aliphatic carbocycles. The van der Waals surface area contributed by atoms with E-state index in [2.05, 4.69) is 10.2 Å². The zero-order chi connectivity index (χ0) is 13.8. The molecule has 3 N–H and O–H groups in total. The van der Waals surface area contributed by atoms with Gasteiger partial charge in [0.1, 0.15) is 0 Å². The van der Waals surface area contributed by atoms with Gasteiger partial charge in [0.05, 0.1) is 12.2 Å². The fraction of sp³-hybridized carbons (Fsp3) is 0.571. The second-order valence-electron chi connectivity index (χ2n) is 5.05. The second-order valence-corrected chi connectivity index (χ2v) is 5.45. The Morgan fingerprint density at radius 2 is 1.95 bits per heavy atom. The molecule has 1 aliphatic heterocycles. The van der Waals surface area contributed by atoms with Gasteiger partial charge in [-0.05, 0) is 25.1 Å². The molecular weight excluding hydrogens is 264 g/mol. The van der Waals surface area contributed by atoms with Crippen LogP contribution in [0.4, 0.5) is 0 Å². The van der Waals surface area contributed by atoms with Crippen molar-refractivity contribution >= 4 is 11.6 Å². The fourth-order valence-corrected chi connectivity index (χ4v) is 2.82. The number of aliphatic hydroxyl groups excluding tert-OH is 2. The van der Waals surface area contributed by atoms with Gasteiger partial charge in [-0.2, -0.15) is 0 Å². The van der Waals surface area contributed by atoms with Gasteiger partial charge in [0.2, 0.25) is 0 Å². The van der Waals surface area contributed by atoms with Crippen molar-refractivity contribution in [2.45, 2.75) is 24.7 Å². The van der Waals surface area contributed by atoms with Crippen molar-refractivity contribution in [3.8, 4) is 0 Å². The minimum Gasteiger partial charge on any atom is -0.389 e. The number of β-amino-alcohol motifs (C(OH)–C–C–N with tert-alkyl or cyclic N) is 2. The molecule has 2 rings (SSSR count). The largest absolute Gasteiger partial charge is 0.389 e. The van der Waals surface area contributed by atoms with E-state index in [4.69, 9.17) is 11.6 Å². The van der Waals surface area contributed by atoms with E-state index in [1.807, 2.05) is 31.3 Å². The molecular formula is C14H21ClN2O2. The van der Waals surface area contributed by atoms with Crippen LogP contribution in [0.5, 0.6) is 0 Å². The summed E-state index contributed by atoms with van der Waals surface area (Å²) in [5, 5.41) is 23.1. The van der Waals surface area contributed by atoms with Crippen LogP contribution in [0.2, 0.25) is 5.02 Å². The van der Waals surface area contributed by atoms with Crippen LogP contribution in [0.1, 0.15) is 18.0 Å². The summed E-state index contributed by atoms with van der Waals surface area (Å²) >= 11 is 6.21. The highest BCUT2D eigenvalue weighted by Gasteiger charge is 2.29. The van der Waals surface area contributed by atoms with E-state index in [-0.39, 0.29) is 6.04 Å². The van der Waals surface area contributed by atoms with E-state index in [1.54, 1.807) is 0 Å². The van der Waals surface area contributed by atoms with Gasteiger partial charge >= 0.3 is 0 Å².